The topological polar surface area (TPSA) is 98.1 Å². The van der Waals surface area contributed by atoms with Crippen LogP contribution in [0.2, 0.25) is 0 Å². The van der Waals surface area contributed by atoms with Crippen molar-refractivity contribution in [1.82, 2.24) is 19.9 Å². The van der Waals surface area contributed by atoms with E-state index in [-0.39, 0.29) is 17.4 Å². The number of nitrogens with one attached hydrogen (secondary N) is 1. The number of methoxy groups -OCH3 is 1. The van der Waals surface area contributed by atoms with E-state index in [4.69, 9.17) is 4.74 Å². The van der Waals surface area contributed by atoms with Gasteiger partial charge in [0.2, 0.25) is 0 Å². The van der Waals surface area contributed by atoms with Gasteiger partial charge in [0.05, 0.1) is 35.9 Å². The highest BCUT2D eigenvalue weighted by Crippen LogP contribution is 2.63. The molecule has 1 saturated heterocycles. The van der Waals surface area contributed by atoms with Crippen molar-refractivity contribution in [1.29, 1.82) is 5.26 Å². The summed E-state index contributed by atoms with van der Waals surface area (Å²) in [5, 5.41) is 20.6. The Labute approximate surface area is 228 Å². The van der Waals surface area contributed by atoms with Gasteiger partial charge in [-0.1, -0.05) is 0 Å². The Bertz CT molecular complexity index is 1620. The zero-order valence-electron chi connectivity index (χ0n) is 21.4. The van der Waals surface area contributed by atoms with E-state index in [9.17, 15) is 10.4 Å². The number of likely N-dealkylation sites (tertiary alicyclic amines) is 1. The molecule has 1 aliphatic heterocycles. The molecule has 3 aliphatic rings. The maximum Gasteiger partial charge on any atom is 0.190 e. The zero-order chi connectivity index (χ0) is 26.9. The lowest BCUT2D eigenvalue weighted by Crippen LogP contribution is -2.32. The normalized spacial score (nSPS) is 23.1. The number of piperidine rings is 1. The smallest absolute Gasteiger partial charge is 0.190 e. The summed E-state index contributed by atoms with van der Waals surface area (Å²) in [4.78, 5) is 15.6. The molecule has 3 aromatic heterocycles. The molecule has 1 aromatic carbocycles. The molecule has 4 heterocycles. The van der Waals surface area contributed by atoms with Crippen molar-refractivity contribution >= 4 is 22.4 Å². The van der Waals surface area contributed by atoms with E-state index in [1.165, 1.54) is 30.6 Å². The standard InChI is InChI=1S/C29H27F2N5O2S/c1-38-26-19(30)6-16(7-20(26)31)22-23-24(17(12-37)9-34-27(23)35-25(22)21-10-33-15-39-21)29-8-18(29)11-36(14-29)13-28(2-3-28)4-5-32/h6-7,9-10,15,18,37H,2-4,8,11-14H2,1H3,(H,34,35)/t18?,29-/m1/s1. The number of fused-ring (bicyclic) bond motifs is 2. The molecule has 1 unspecified atom stereocenters. The molecule has 3 fully saturated rings. The van der Waals surface area contributed by atoms with Gasteiger partial charge < -0.3 is 19.7 Å². The number of thiazole rings is 1. The lowest BCUT2D eigenvalue weighted by molar-refractivity contribution is 0.237. The lowest BCUT2D eigenvalue weighted by atomic mass is 9.86. The molecule has 0 radical (unpaired) electrons. The number of aromatic nitrogens is 3. The molecule has 0 spiro atoms. The van der Waals surface area contributed by atoms with Crippen molar-refractivity contribution in [2.45, 2.75) is 37.7 Å². The van der Waals surface area contributed by atoms with E-state index in [0.717, 1.165) is 60.3 Å². The molecule has 0 bridgehead atoms. The van der Waals surface area contributed by atoms with E-state index in [0.29, 0.717) is 34.8 Å². The number of hydrogen-bond donors (Lipinski definition) is 2. The van der Waals surface area contributed by atoms with Crippen LogP contribution in [-0.2, 0) is 12.0 Å². The van der Waals surface area contributed by atoms with Gasteiger partial charge in [0.15, 0.2) is 17.4 Å². The third kappa shape index (κ3) is 3.78. The van der Waals surface area contributed by atoms with Crippen LogP contribution in [-0.4, -0.2) is 51.7 Å². The van der Waals surface area contributed by atoms with Crippen molar-refractivity contribution < 1.29 is 18.6 Å². The SMILES string of the molecule is COc1c(F)cc(-c2c(-c3cncs3)[nH]c3ncc(CO)c([C@@]45CC4CN(CC4(CC#N)CC4)C5)c23)cc1F. The summed E-state index contributed by atoms with van der Waals surface area (Å²) in [6.45, 7) is 2.48. The summed E-state index contributed by atoms with van der Waals surface area (Å²) in [6, 6.07) is 4.96. The van der Waals surface area contributed by atoms with Gasteiger partial charge in [-0.05, 0) is 53.9 Å². The third-order valence-electron chi connectivity index (χ3n) is 8.93. The monoisotopic (exact) mass is 547 g/mol. The number of ether oxygens (including phenoxy) is 1. The number of aliphatic hydroxyl groups excluding tert-OH is 1. The van der Waals surface area contributed by atoms with E-state index in [2.05, 4.69) is 25.9 Å². The van der Waals surface area contributed by atoms with E-state index in [1.54, 1.807) is 17.9 Å². The minimum atomic E-state index is -0.786. The van der Waals surface area contributed by atoms with Crippen molar-refractivity contribution in [2.24, 2.45) is 11.3 Å². The summed E-state index contributed by atoms with van der Waals surface area (Å²) < 4.78 is 35.0. The summed E-state index contributed by atoms with van der Waals surface area (Å²) in [6.07, 6.45) is 7.18. The molecular formula is C29H27F2N5O2S. The quantitative estimate of drug-likeness (QED) is 0.307. The summed E-state index contributed by atoms with van der Waals surface area (Å²) in [5.74, 6) is -1.59. The number of pyridine rings is 1. The third-order valence-corrected chi connectivity index (χ3v) is 9.72. The van der Waals surface area contributed by atoms with E-state index < -0.39 is 17.4 Å². The van der Waals surface area contributed by atoms with E-state index in [1.807, 2.05) is 0 Å². The first kappa shape index (κ1) is 24.6. The molecule has 2 atom stereocenters. The van der Waals surface area contributed by atoms with Gasteiger partial charge in [0, 0.05) is 60.4 Å². The number of aliphatic hydroxyl groups is 1. The minimum absolute atomic E-state index is 0.108. The van der Waals surface area contributed by atoms with Crippen LogP contribution in [0.4, 0.5) is 8.78 Å². The zero-order valence-corrected chi connectivity index (χ0v) is 22.2. The fraction of sp³-hybridized carbons (Fsp3) is 0.414. The number of nitriles is 1. The summed E-state index contributed by atoms with van der Waals surface area (Å²) in [5.41, 5.74) is 5.69. The van der Waals surface area contributed by atoms with Crippen LogP contribution in [0.1, 0.15) is 36.8 Å². The number of rotatable bonds is 8. The molecule has 2 aliphatic carbocycles. The molecule has 4 aromatic rings. The highest BCUT2D eigenvalue weighted by atomic mass is 32.1. The fourth-order valence-corrected chi connectivity index (χ4v) is 7.53. The molecule has 200 valence electrons. The summed E-state index contributed by atoms with van der Waals surface area (Å²) in [7, 11) is 1.24. The summed E-state index contributed by atoms with van der Waals surface area (Å²) >= 11 is 1.43. The number of H-pyrrole nitrogens is 1. The van der Waals surface area contributed by atoms with E-state index >= 15 is 8.78 Å². The molecule has 7 nitrogen and oxygen atoms in total. The highest BCUT2D eigenvalue weighted by molar-refractivity contribution is 7.13. The Morgan fingerprint density at radius 1 is 1.28 bits per heavy atom. The Morgan fingerprint density at radius 3 is 2.72 bits per heavy atom. The largest absolute Gasteiger partial charge is 0.491 e. The first-order valence-corrected chi connectivity index (χ1v) is 14.0. The van der Waals surface area contributed by atoms with Crippen LogP contribution in [0.15, 0.2) is 30.0 Å². The molecule has 39 heavy (non-hydrogen) atoms. The number of benzene rings is 1. The Balaban J connectivity index is 1.42. The van der Waals surface area contributed by atoms with Gasteiger partial charge in [0.25, 0.3) is 0 Å². The predicted molar refractivity (Wildman–Crippen MR) is 143 cm³/mol. The Morgan fingerprint density at radius 2 is 2.08 bits per heavy atom. The number of nitrogens with zero attached hydrogens (tertiary/aromatic N) is 4. The van der Waals surface area contributed by atoms with Crippen molar-refractivity contribution in [2.75, 3.05) is 26.7 Å². The molecule has 2 saturated carbocycles. The number of halogens is 2. The Hall–Kier alpha value is -3.39. The van der Waals surface area contributed by atoms with Gasteiger partial charge in [-0.3, -0.25) is 4.98 Å². The van der Waals surface area contributed by atoms with Gasteiger partial charge in [0.1, 0.15) is 5.65 Å². The maximum atomic E-state index is 15.0. The molecule has 0 amide bonds. The van der Waals surface area contributed by atoms with Crippen molar-refractivity contribution in [3.8, 4) is 33.5 Å². The minimum Gasteiger partial charge on any atom is -0.491 e. The van der Waals surface area contributed by atoms with Gasteiger partial charge in [-0.2, -0.15) is 5.26 Å². The number of hydrogen-bond acceptors (Lipinski definition) is 7. The van der Waals surface area contributed by atoms with Gasteiger partial charge in [-0.15, -0.1) is 11.3 Å². The Kier molecular flexibility index (Phi) is 5.57. The van der Waals surface area contributed by atoms with Crippen molar-refractivity contribution in [3.63, 3.8) is 0 Å². The second-order valence-electron chi connectivity index (χ2n) is 11.3. The highest BCUT2D eigenvalue weighted by Gasteiger charge is 2.63. The second-order valence-corrected chi connectivity index (χ2v) is 12.2. The van der Waals surface area contributed by atoms with Crippen LogP contribution in [0, 0.1) is 34.3 Å². The van der Waals surface area contributed by atoms with Crippen LogP contribution in [0.5, 0.6) is 5.75 Å². The van der Waals surface area contributed by atoms with Gasteiger partial charge >= 0.3 is 0 Å². The molecule has 2 N–H and O–H groups in total. The predicted octanol–water partition coefficient (Wildman–Crippen LogP) is 5.40. The number of aromatic amines is 1. The molecule has 7 rings (SSSR count). The second kappa shape index (κ2) is 8.81. The molecule has 10 heteroatoms. The van der Waals surface area contributed by atoms with Crippen LogP contribution in [0.3, 0.4) is 0 Å². The van der Waals surface area contributed by atoms with Gasteiger partial charge in [-0.25, -0.2) is 13.8 Å². The maximum absolute atomic E-state index is 15.0. The average molecular weight is 548 g/mol. The fourth-order valence-electron chi connectivity index (χ4n) is 6.90. The lowest BCUT2D eigenvalue weighted by Gasteiger charge is -2.26. The van der Waals surface area contributed by atoms with Crippen LogP contribution < -0.4 is 4.74 Å². The molecular weight excluding hydrogens is 520 g/mol. The first-order valence-electron chi connectivity index (χ1n) is 13.1. The average Bonchev–Trinajstić information content (AvgIpc) is 3.57. The van der Waals surface area contributed by atoms with Crippen LogP contribution in [0.25, 0.3) is 32.7 Å². The van der Waals surface area contributed by atoms with Crippen LogP contribution >= 0.6 is 11.3 Å². The first-order chi connectivity index (χ1) is 18.9. The van der Waals surface area contributed by atoms with Crippen molar-refractivity contribution in [3.05, 3.63) is 52.8 Å².